The van der Waals surface area contributed by atoms with E-state index in [2.05, 4.69) is 4.37 Å². The summed E-state index contributed by atoms with van der Waals surface area (Å²) in [5.74, 6) is -0.426. The Bertz CT molecular complexity index is 145. The van der Waals surface area contributed by atoms with Gasteiger partial charge in [-0.25, -0.2) is 4.39 Å². The summed E-state index contributed by atoms with van der Waals surface area (Å²) >= 11 is 0.957. The highest BCUT2D eigenvalue weighted by atomic mass is 32.1. The molecule has 2 nitrogen and oxygen atoms in total. The second-order valence-corrected chi connectivity index (χ2v) is 1.87. The molecule has 1 aromatic heterocycles. The van der Waals surface area contributed by atoms with Crippen LogP contribution >= 0.6 is 11.5 Å². The zero-order valence-electron chi connectivity index (χ0n) is 3.39. The van der Waals surface area contributed by atoms with Crippen LogP contribution in [0.15, 0.2) is 6.20 Å². The quantitative estimate of drug-likeness (QED) is 0.548. The molecule has 0 aliphatic rings. The van der Waals surface area contributed by atoms with Gasteiger partial charge in [-0.2, -0.15) is 4.37 Å². The molecule has 0 atom stereocenters. The van der Waals surface area contributed by atoms with Crippen molar-refractivity contribution in [1.82, 2.24) is 4.37 Å². The molecule has 0 saturated carbocycles. The Morgan fingerprint density at radius 2 is 2.57 bits per heavy atom. The second-order valence-electron chi connectivity index (χ2n) is 1.04. The lowest BCUT2D eigenvalue weighted by molar-refractivity contribution is 0.634. The largest absolute Gasteiger partial charge is 0.387 e. The average Bonchev–Trinajstić information content (AvgIpc) is 1.91. The zero-order chi connectivity index (χ0) is 5.28. The topological polar surface area (TPSA) is 38.9 Å². The van der Waals surface area contributed by atoms with Gasteiger partial charge in [0.05, 0.1) is 6.20 Å². The molecule has 4 heteroatoms. The molecule has 1 aromatic rings. The van der Waals surface area contributed by atoms with Crippen LogP contribution in [0.3, 0.4) is 0 Å². The molecule has 1 rings (SSSR count). The molecule has 0 aliphatic heterocycles. The summed E-state index contributed by atoms with van der Waals surface area (Å²) in [6, 6.07) is 0. The summed E-state index contributed by atoms with van der Waals surface area (Å²) in [7, 11) is 0. The minimum atomic E-state index is -0.426. The number of hydrogen-bond acceptors (Lipinski definition) is 3. The maximum atomic E-state index is 11.9. The van der Waals surface area contributed by atoms with Crippen LogP contribution in [0.25, 0.3) is 0 Å². The molecule has 2 N–H and O–H groups in total. The third-order valence-corrected chi connectivity index (χ3v) is 1.16. The van der Waals surface area contributed by atoms with E-state index in [1.54, 1.807) is 0 Å². The standard InChI is InChI=1S/C3H3FN2S/c4-2-1-6-7-3(2)5/h1H,5H2. The minimum Gasteiger partial charge on any atom is -0.387 e. The van der Waals surface area contributed by atoms with Gasteiger partial charge in [0, 0.05) is 0 Å². The number of anilines is 1. The van der Waals surface area contributed by atoms with Crippen molar-refractivity contribution in [2.24, 2.45) is 0 Å². The molecule has 0 aromatic carbocycles. The molecule has 7 heavy (non-hydrogen) atoms. The van der Waals surface area contributed by atoms with E-state index in [1.807, 2.05) is 0 Å². The predicted molar refractivity (Wildman–Crippen MR) is 26.5 cm³/mol. The molecule has 0 bridgehead atoms. The number of rotatable bonds is 0. The van der Waals surface area contributed by atoms with Gasteiger partial charge in [-0.05, 0) is 11.5 Å². The first-order valence-electron chi connectivity index (χ1n) is 1.66. The Labute approximate surface area is 43.9 Å². The smallest absolute Gasteiger partial charge is 0.177 e. The lowest BCUT2D eigenvalue weighted by Gasteiger charge is -1.74. The van der Waals surface area contributed by atoms with Gasteiger partial charge in [-0.3, -0.25) is 0 Å². The van der Waals surface area contributed by atoms with Crippen LogP contribution in [-0.2, 0) is 0 Å². The second kappa shape index (κ2) is 1.46. The molecular formula is C3H3FN2S. The maximum Gasteiger partial charge on any atom is 0.177 e. The van der Waals surface area contributed by atoms with Crippen molar-refractivity contribution < 1.29 is 4.39 Å². The van der Waals surface area contributed by atoms with Gasteiger partial charge in [0.25, 0.3) is 0 Å². The van der Waals surface area contributed by atoms with Crippen LogP contribution < -0.4 is 5.73 Å². The molecule has 0 spiro atoms. The average molecular weight is 118 g/mol. The fraction of sp³-hybridized carbons (Fsp3) is 0. The molecule has 0 amide bonds. The summed E-state index contributed by atoms with van der Waals surface area (Å²) in [6.07, 6.45) is 1.10. The Morgan fingerprint density at radius 3 is 2.71 bits per heavy atom. The van der Waals surface area contributed by atoms with Crippen molar-refractivity contribution in [2.45, 2.75) is 0 Å². The molecule has 1 heterocycles. The summed E-state index contributed by atoms with van der Waals surface area (Å²) in [5, 5.41) is 0.153. The normalized spacial score (nSPS) is 9.29. The van der Waals surface area contributed by atoms with Crippen molar-refractivity contribution >= 4 is 16.5 Å². The summed E-state index contributed by atoms with van der Waals surface area (Å²) in [5.41, 5.74) is 5.02. The molecule has 0 radical (unpaired) electrons. The zero-order valence-corrected chi connectivity index (χ0v) is 4.20. The first-order chi connectivity index (χ1) is 3.30. The van der Waals surface area contributed by atoms with Crippen LogP contribution in [0, 0.1) is 5.82 Å². The third-order valence-electron chi connectivity index (χ3n) is 0.552. The summed E-state index contributed by atoms with van der Waals surface area (Å²) in [6.45, 7) is 0. The third kappa shape index (κ3) is 0.691. The number of aromatic nitrogens is 1. The van der Waals surface area contributed by atoms with Gasteiger partial charge in [-0.1, -0.05) is 0 Å². The van der Waals surface area contributed by atoms with E-state index in [1.165, 1.54) is 0 Å². The molecule has 0 saturated heterocycles. The maximum absolute atomic E-state index is 11.9. The highest BCUT2D eigenvalue weighted by molar-refractivity contribution is 7.09. The van der Waals surface area contributed by atoms with E-state index in [0.29, 0.717) is 0 Å². The number of nitrogens with two attached hydrogens (primary N) is 1. The van der Waals surface area contributed by atoms with Crippen molar-refractivity contribution in [1.29, 1.82) is 0 Å². The number of hydrogen-bond donors (Lipinski definition) is 1. The fourth-order valence-electron chi connectivity index (χ4n) is 0.237. The highest BCUT2D eigenvalue weighted by Gasteiger charge is 1.95. The predicted octanol–water partition coefficient (Wildman–Crippen LogP) is 0.864. The van der Waals surface area contributed by atoms with E-state index in [0.717, 1.165) is 17.7 Å². The van der Waals surface area contributed by atoms with Gasteiger partial charge < -0.3 is 5.73 Å². The summed E-state index contributed by atoms with van der Waals surface area (Å²) < 4.78 is 15.4. The number of halogens is 1. The van der Waals surface area contributed by atoms with Crippen LogP contribution in [0.1, 0.15) is 0 Å². The first-order valence-corrected chi connectivity index (χ1v) is 2.43. The van der Waals surface area contributed by atoms with Gasteiger partial charge in [0.2, 0.25) is 0 Å². The fourth-order valence-corrected chi connectivity index (χ4v) is 0.635. The van der Waals surface area contributed by atoms with Gasteiger partial charge in [-0.15, -0.1) is 0 Å². The van der Waals surface area contributed by atoms with Gasteiger partial charge >= 0.3 is 0 Å². The van der Waals surface area contributed by atoms with Crippen molar-refractivity contribution in [3.05, 3.63) is 12.0 Å². The molecule has 0 unspecified atom stereocenters. The molecule has 38 valence electrons. The highest BCUT2D eigenvalue weighted by Crippen LogP contribution is 2.11. The Balaban J connectivity index is 3.12. The molecule has 0 aliphatic carbocycles. The van der Waals surface area contributed by atoms with E-state index in [4.69, 9.17) is 5.73 Å². The molecule has 0 fully saturated rings. The van der Waals surface area contributed by atoms with Gasteiger partial charge in [0.1, 0.15) is 5.00 Å². The van der Waals surface area contributed by atoms with E-state index < -0.39 is 5.82 Å². The summed E-state index contributed by atoms with van der Waals surface area (Å²) in [4.78, 5) is 0. The van der Waals surface area contributed by atoms with Crippen molar-refractivity contribution in [3.63, 3.8) is 0 Å². The van der Waals surface area contributed by atoms with E-state index >= 15 is 0 Å². The number of nitrogen functional groups attached to an aromatic ring is 1. The van der Waals surface area contributed by atoms with Crippen molar-refractivity contribution in [2.75, 3.05) is 5.73 Å². The molecular weight excluding hydrogens is 115 g/mol. The lowest BCUT2D eigenvalue weighted by Crippen LogP contribution is -1.79. The van der Waals surface area contributed by atoms with Crippen LogP contribution in [0.5, 0.6) is 0 Å². The monoisotopic (exact) mass is 118 g/mol. The van der Waals surface area contributed by atoms with Crippen LogP contribution in [0.2, 0.25) is 0 Å². The Morgan fingerprint density at radius 1 is 1.86 bits per heavy atom. The number of nitrogens with zero attached hydrogens (tertiary/aromatic N) is 1. The van der Waals surface area contributed by atoms with E-state index in [9.17, 15) is 4.39 Å². The lowest BCUT2D eigenvalue weighted by atomic mass is 10.7. The van der Waals surface area contributed by atoms with E-state index in [-0.39, 0.29) is 5.00 Å². The van der Waals surface area contributed by atoms with Crippen LogP contribution in [-0.4, -0.2) is 4.37 Å². The minimum absolute atomic E-state index is 0.153. The van der Waals surface area contributed by atoms with Crippen LogP contribution in [0.4, 0.5) is 9.39 Å². The Hall–Kier alpha value is -0.640. The SMILES string of the molecule is Nc1sncc1F. The van der Waals surface area contributed by atoms with Crippen molar-refractivity contribution in [3.8, 4) is 0 Å². The Kier molecular flexibility index (Phi) is 0.941. The van der Waals surface area contributed by atoms with Gasteiger partial charge in [0.15, 0.2) is 5.82 Å². The first kappa shape index (κ1) is 4.52.